The lowest BCUT2D eigenvalue weighted by Gasteiger charge is -2.28. The average Bonchev–Trinajstić information content (AvgIpc) is 3.13. The molecule has 0 heterocycles. The molecular formula is C45H82NO8P. The van der Waals surface area contributed by atoms with Crippen LogP contribution in [0.5, 0.6) is 0 Å². The van der Waals surface area contributed by atoms with Gasteiger partial charge in [-0.15, -0.1) is 0 Å². The molecule has 0 aliphatic rings. The predicted molar refractivity (Wildman–Crippen MR) is 227 cm³/mol. The SMILES string of the molecule is CCCCC/C=C/C/C=C/C/C=C/C/C=C/CCCC(=O)O[C@H](COC(=O)CCCCCCCCCCCCCCCC)COP(=O)([O-])OCC[N+](C)(C)C. The van der Waals surface area contributed by atoms with Crippen molar-refractivity contribution < 1.29 is 42.1 Å². The molecule has 0 saturated carbocycles. The number of carbonyl (C=O) groups excluding carboxylic acids is 2. The Morgan fingerprint density at radius 3 is 1.51 bits per heavy atom. The standard InChI is InChI=1S/C45H82NO8P/c1-6-8-10-12-14-16-18-20-22-23-24-26-28-30-32-34-36-38-45(48)54-43(42-53-55(49,50)52-40-39-46(3,4)5)41-51-44(47)37-35-33-31-29-27-25-21-19-17-15-13-11-9-7-2/h14,16,20,22,24,26,30,32,43H,6-13,15,17-19,21,23,25,27-29,31,33-42H2,1-5H3/b16-14+,22-20+,26-24+,32-30+/t43-/m1/s1. The first-order chi connectivity index (χ1) is 26.5. The first-order valence-corrected chi connectivity index (χ1v) is 23.3. The minimum Gasteiger partial charge on any atom is -0.756 e. The fraction of sp³-hybridized carbons (Fsp3) is 0.778. The van der Waals surface area contributed by atoms with Crippen LogP contribution < -0.4 is 4.89 Å². The average molecular weight is 796 g/mol. The zero-order valence-corrected chi connectivity index (χ0v) is 36.8. The molecule has 1 unspecified atom stereocenters. The maximum absolute atomic E-state index is 12.6. The number of unbranched alkanes of at least 4 members (excludes halogenated alkanes) is 17. The van der Waals surface area contributed by atoms with Crippen molar-refractivity contribution in [1.82, 2.24) is 0 Å². The summed E-state index contributed by atoms with van der Waals surface area (Å²) < 4.78 is 33.8. The number of nitrogens with zero attached hydrogens (tertiary/aromatic N) is 1. The van der Waals surface area contributed by atoms with Gasteiger partial charge in [0.25, 0.3) is 7.82 Å². The molecule has 0 aromatic heterocycles. The van der Waals surface area contributed by atoms with Crippen molar-refractivity contribution >= 4 is 19.8 Å². The van der Waals surface area contributed by atoms with E-state index in [0.717, 1.165) is 38.5 Å². The Balaban J connectivity index is 4.47. The molecule has 55 heavy (non-hydrogen) atoms. The van der Waals surface area contributed by atoms with Crippen LogP contribution in [-0.4, -0.2) is 70.0 Å². The number of likely N-dealkylation sites (N-methyl/N-ethyl adjacent to an activating group) is 1. The highest BCUT2D eigenvalue weighted by Crippen LogP contribution is 2.38. The highest BCUT2D eigenvalue weighted by molar-refractivity contribution is 7.45. The second-order valence-electron chi connectivity index (χ2n) is 15.7. The Hall–Kier alpha value is -2.03. The third-order valence-corrected chi connectivity index (χ3v) is 10.1. The van der Waals surface area contributed by atoms with Gasteiger partial charge in [-0.3, -0.25) is 14.2 Å². The van der Waals surface area contributed by atoms with Crippen molar-refractivity contribution in [2.45, 2.75) is 180 Å². The van der Waals surface area contributed by atoms with Crippen molar-refractivity contribution in [3.05, 3.63) is 48.6 Å². The monoisotopic (exact) mass is 796 g/mol. The summed E-state index contributed by atoms with van der Waals surface area (Å²) in [6.07, 6.45) is 42.8. The van der Waals surface area contributed by atoms with Gasteiger partial charge >= 0.3 is 11.9 Å². The van der Waals surface area contributed by atoms with Crippen LogP contribution in [0.1, 0.15) is 174 Å². The molecule has 0 spiro atoms. The van der Waals surface area contributed by atoms with E-state index in [9.17, 15) is 19.0 Å². The Bertz CT molecular complexity index is 1080. The summed E-state index contributed by atoms with van der Waals surface area (Å²) in [6.45, 7) is 4.13. The third kappa shape index (κ3) is 41.4. The fourth-order valence-corrected chi connectivity index (χ4v) is 6.37. The molecular weight excluding hydrogens is 713 g/mol. The molecule has 0 rings (SSSR count). The van der Waals surface area contributed by atoms with E-state index < -0.39 is 32.5 Å². The maximum Gasteiger partial charge on any atom is 0.306 e. The Labute approximate surface area is 337 Å². The van der Waals surface area contributed by atoms with E-state index in [2.05, 4.69) is 56.4 Å². The number of phosphoric ester groups is 1. The number of ether oxygens (including phenoxy) is 2. The zero-order chi connectivity index (χ0) is 40.7. The highest BCUT2D eigenvalue weighted by Gasteiger charge is 2.21. The van der Waals surface area contributed by atoms with Crippen LogP contribution >= 0.6 is 7.82 Å². The van der Waals surface area contributed by atoms with Gasteiger partial charge in [-0.05, 0) is 51.4 Å². The summed E-state index contributed by atoms with van der Waals surface area (Å²) in [5, 5.41) is 0. The van der Waals surface area contributed by atoms with E-state index in [1.165, 1.54) is 96.3 Å². The van der Waals surface area contributed by atoms with Gasteiger partial charge in [0, 0.05) is 12.8 Å². The van der Waals surface area contributed by atoms with Gasteiger partial charge < -0.3 is 27.9 Å². The van der Waals surface area contributed by atoms with Crippen LogP contribution in [0.4, 0.5) is 0 Å². The lowest BCUT2D eigenvalue weighted by atomic mass is 10.0. The highest BCUT2D eigenvalue weighted by atomic mass is 31.2. The van der Waals surface area contributed by atoms with Crippen molar-refractivity contribution in [2.75, 3.05) is 47.5 Å². The van der Waals surface area contributed by atoms with Gasteiger partial charge in [0.2, 0.25) is 0 Å². The fourth-order valence-electron chi connectivity index (χ4n) is 5.65. The van der Waals surface area contributed by atoms with Crippen molar-refractivity contribution in [3.8, 4) is 0 Å². The second kappa shape index (κ2) is 37.5. The van der Waals surface area contributed by atoms with Gasteiger partial charge in [0.05, 0.1) is 27.7 Å². The number of esters is 2. The number of rotatable bonds is 39. The number of hydrogen-bond acceptors (Lipinski definition) is 8. The molecule has 0 fully saturated rings. The lowest BCUT2D eigenvalue weighted by molar-refractivity contribution is -0.870. The van der Waals surface area contributed by atoms with Gasteiger partial charge in [0.1, 0.15) is 19.8 Å². The Morgan fingerprint density at radius 2 is 1.00 bits per heavy atom. The summed E-state index contributed by atoms with van der Waals surface area (Å²) >= 11 is 0. The molecule has 10 heteroatoms. The van der Waals surface area contributed by atoms with Crippen LogP contribution in [0.2, 0.25) is 0 Å². The summed E-state index contributed by atoms with van der Waals surface area (Å²) in [5.41, 5.74) is 0. The summed E-state index contributed by atoms with van der Waals surface area (Å²) in [6, 6.07) is 0. The number of hydrogen-bond donors (Lipinski definition) is 0. The van der Waals surface area contributed by atoms with Crippen LogP contribution in [0.3, 0.4) is 0 Å². The Morgan fingerprint density at radius 1 is 0.564 bits per heavy atom. The molecule has 0 aliphatic carbocycles. The predicted octanol–water partition coefficient (Wildman–Crippen LogP) is 11.7. The smallest absolute Gasteiger partial charge is 0.306 e. The van der Waals surface area contributed by atoms with Gasteiger partial charge in [-0.25, -0.2) is 0 Å². The molecule has 9 nitrogen and oxygen atoms in total. The van der Waals surface area contributed by atoms with Crippen LogP contribution in [0.25, 0.3) is 0 Å². The van der Waals surface area contributed by atoms with E-state index in [1.54, 1.807) is 0 Å². The number of phosphoric acid groups is 1. The summed E-state index contributed by atoms with van der Waals surface area (Å²) in [7, 11) is 1.13. The largest absolute Gasteiger partial charge is 0.756 e. The topological polar surface area (TPSA) is 111 Å². The molecule has 0 radical (unpaired) electrons. The van der Waals surface area contributed by atoms with Crippen LogP contribution in [0.15, 0.2) is 48.6 Å². The molecule has 2 atom stereocenters. The normalized spacial score (nSPS) is 14.1. The van der Waals surface area contributed by atoms with E-state index >= 15 is 0 Å². The van der Waals surface area contributed by atoms with E-state index in [-0.39, 0.29) is 26.1 Å². The summed E-state index contributed by atoms with van der Waals surface area (Å²) in [5.74, 6) is -0.899. The number of allylic oxidation sites excluding steroid dienone is 8. The van der Waals surface area contributed by atoms with E-state index in [4.69, 9.17) is 18.5 Å². The van der Waals surface area contributed by atoms with E-state index in [1.807, 2.05) is 27.2 Å². The quantitative estimate of drug-likeness (QED) is 0.0199. The van der Waals surface area contributed by atoms with Gasteiger partial charge in [0.15, 0.2) is 6.10 Å². The first-order valence-electron chi connectivity index (χ1n) is 21.8. The number of carbonyl (C=O) groups is 2. The van der Waals surface area contributed by atoms with E-state index in [0.29, 0.717) is 23.9 Å². The zero-order valence-electron chi connectivity index (χ0n) is 35.9. The molecule has 0 aromatic carbocycles. The minimum atomic E-state index is -4.64. The van der Waals surface area contributed by atoms with Crippen molar-refractivity contribution in [2.24, 2.45) is 0 Å². The first kappa shape index (κ1) is 53.0. The molecule has 320 valence electrons. The van der Waals surface area contributed by atoms with Crippen LogP contribution in [0, 0.1) is 0 Å². The molecule has 0 amide bonds. The molecule has 0 saturated heterocycles. The molecule has 0 aliphatic heterocycles. The third-order valence-electron chi connectivity index (χ3n) is 9.10. The molecule has 0 bridgehead atoms. The van der Waals surface area contributed by atoms with Crippen molar-refractivity contribution in [3.63, 3.8) is 0 Å². The molecule has 0 aromatic rings. The van der Waals surface area contributed by atoms with Crippen LogP contribution in [-0.2, 0) is 32.7 Å². The second-order valence-corrected chi connectivity index (χ2v) is 17.1. The minimum absolute atomic E-state index is 0.0413. The molecule has 0 N–H and O–H groups in total. The summed E-state index contributed by atoms with van der Waals surface area (Å²) in [4.78, 5) is 37.5. The maximum atomic E-state index is 12.6. The number of quaternary nitrogens is 1. The Kier molecular flexibility index (Phi) is 36.2. The van der Waals surface area contributed by atoms with Gasteiger partial charge in [-0.2, -0.15) is 0 Å². The lowest BCUT2D eigenvalue weighted by Crippen LogP contribution is -2.37. The van der Waals surface area contributed by atoms with Gasteiger partial charge in [-0.1, -0.05) is 159 Å². The van der Waals surface area contributed by atoms with Crippen molar-refractivity contribution in [1.29, 1.82) is 0 Å².